The molecular formula is C52H102O11. The van der Waals surface area contributed by atoms with Crippen molar-refractivity contribution < 1.29 is 52.2 Å². The summed E-state index contributed by atoms with van der Waals surface area (Å²) in [6.45, 7) is 11.7. The fourth-order valence-electron chi connectivity index (χ4n) is 7.28. The third-order valence-electron chi connectivity index (χ3n) is 11.2. The lowest BCUT2D eigenvalue weighted by Gasteiger charge is -2.09. The third kappa shape index (κ3) is 56.7. The van der Waals surface area contributed by atoms with E-state index in [0.717, 1.165) is 25.7 Å². The van der Waals surface area contributed by atoms with Crippen molar-refractivity contribution in [3.05, 3.63) is 0 Å². The molecule has 0 rings (SSSR count). The van der Waals surface area contributed by atoms with E-state index in [2.05, 4.69) is 13.8 Å². The molecule has 0 bridgehead atoms. The quantitative estimate of drug-likeness (QED) is 0.0429. The Hall–Kier alpha value is -1.34. The highest BCUT2D eigenvalue weighted by molar-refractivity contribution is 5.69. The number of carbonyl (C=O) groups is 2. The van der Waals surface area contributed by atoms with Gasteiger partial charge in [0, 0.05) is 12.8 Å². The second kappa shape index (κ2) is 56.8. The average Bonchev–Trinajstić information content (AvgIpc) is 3.29. The molecule has 0 fully saturated rings. The molecular weight excluding hydrogens is 801 g/mol. The first-order valence-electron chi connectivity index (χ1n) is 26.6. The smallest absolute Gasteiger partial charge is 0.305 e. The summed E-state index contributed by atoms with van der Waals surface area (Å²) in [5, 5.41) is 0. The van der Waals surface area contributed by atoms with Crippen molar-refractivity contribution in [1.29, 1.82) is 0 Å². The van der Waals surface area contributed by atoms with Gasteiger partial charge >= 0.3 is 11.9 Å². The Kier molecular flexibility index (Phi) is 55.6. The third-order valence-corrected chi connectivity index (χ3v) is 11.2. The Morgan fingerprint density at radius 2 is 0.381 bits per heavy atom. The van der Waals surface area contributed by atoms with E-state index in [1.165, 1.54) is 167 Å². The molecule has 0 radical (unpaired) electrons. The van der Waals surface area contributed by atoms with Crippen molar-refractivity contribution in [2.45, 2.75) is 219 Å². The van der Waals surface area contributed by atoms with Crippen LogP contribution in [0.15, 0.2) is 0 Å². The molecule has 0 heterocycles. The van der Waals surface area contributed by atoms with Crippen LogP contribution in [0.4, 0.5) is 0 Å². The van der Waals surface area contributed by atoms with Crippen molar-refractivity contribution in [2.24, 2.45) is 0 Å². The van der Waals surface area contributed by atoms with Gasteiger partial charge in [-0.25, -0.2) is 0 Å². The van der Waals surface area contributed by atoms with Crippen LogP contribution in [0.5, 0.6) is 0 Å². The Labute approximate surface area is 388 Å². The van der Waals surface area contributed by atoms with Gasteiger partial charge in [-0.2, -0.15) is 0 Å². The SMILES string of the molecule is CCCCCCCCCCCCCCCCCC(=O)OCCOCCOCCOCCOCCOCCOCCOCCOC(=O)CCCCCCCCCCCCCCCCC. The number of ether oxygens (including phenoxy) is 9. The molecule has 11 nitrogen and oxygen atoms in total. The Balaban J connectivity index is 3.18. The van der Waals surface area contributed by atoms with E-state index >= 15 is 0 Å². The van der Waals surface area contributed by atoms with Crippen LogP contribution < -0.4 is 0 Å². The summed E-state index contributed by atoms with van der Waals surface area (Å²) in [4.78, 5) is 23.9. The molecule has 63 heavy (non-hydrogen) atoms. The average molecular weight is 903 g/mol. The van der Waals surface area contributed by atoms with E-state index in [1.807, 2.05) is 0 Å². The van der Waals surface area contributed by atoms with Crippen LogP contribution in [-0.2, 0) is 52.2 Å². The molecule has 0 spiro atoms. The Morgan fingerprint density at radius 1 is 0.222 bits per heavy atom. The molecule has 376 valence electrons. The summed E-state index contributed by atoms with van der Waals surface area (Å²) in [5.74, 6) is -0.260. The first-order chi connectivity index (χ1) is 31.2. The van der Waals surface area contributed by atoms with Crippen molar-refractivity contribution in [1.82, 2.24) is 0 Å². The Bertz CT molecular complexity index is 809. The number of rotatable bonds is 56. The minimum atomic E-state index is -0.130. The van der Waals surface area contributed by atoms with Gasteiger partial charge in [-0.05, 0) is 12.8 Å². The summed E-state index contributed by atoms with van der Waals surface area (Å²) >= 11 is 0. The molecule has 0 amide bonds. The molecule has 0 N–H and O–H groups in total. The normalized spacial score (nSPS) is 11.5. The first-order valence-corrected chi connectivity index (χ1v) is 26.6. The van der Waals surface area contributed by atoms with Gasteiger partial charge in [0.05, 0.1) is 92.5 Å². The summed E-state index contributed by atoms with van der Waals surface area (Å²) in [7, 11) is 0. The van der Waals surface area contributed by atoms with E-state index in [0.29, 0.717) is 105 Å². The van der Waals surface area contributed by atoms with Gasteiger partial charge in [0.25, 0.3) is 0 Å². The fourth-order valence-corrected chi connectivity index (χ4v) is 7.28. The van der Waals surface area contributed by atoms with Gasteiger partial charge in [-0.15, -0.1) is 0 Å². The van der Waals surface area contributed by atoms with Gasteiger partial charge in [-0.3, -0.25) is 9.59 Å². The topological polar surface area (TPSA) is 117 Å². The van der Waals surface area contributed by atoms with Crippen LogP contribution in [0.1, 0.15) is 219 Å². The van der Waals surface area contributed by atoms with Crippen molar-refractivity contribution in [3.8, 4) is 0 Å². The molecule has 11 heteroatoms. The second-order valence-corrected chi connectivity index (χ2v) is 17.1. The lowest BCUT2D eigenvalue weighted by Crippen LogP contribution is -2.15. The summed E-state index contributed by atoms with van der Waals surface area (Å²) < 4.78 is 49.1. The number of hydrogen-bond donors (Lipinski definition) is 0. The van der Waals surface area contributed by atoms with E-state index in [4.69, 9.17) is 42.6 Å². The molecule has 0 aliphatic carbocycles. The summed E-state index contributed by atoms with van der Waals surface area (Å²) in [6.07, 6.45) is 40.4. The number of unbranched alkanes of at least 4 members (excludes halogenated alkanes) is 28. The van der Waals surface area contributed by atoms with E-state index < -0.39 is 0 Å². The van der Waals surface area contributed by atoms with Crippen LogP contribution in [0.3, 0.4) is 0 Å². The van der Waals surface area contributed by atoms with Gasteiger partial charge < -0.3 is 42.6 Å². The van der Waals surface area contributed by atoms with E-state index in [9.17, 15) is 9.59 Å². The predicted octanol–water partition coefficient (Wildman–Crippen LogP) is 12.7. The van der Waals surface area contributed by atoms with Gasteiger partial charge in [0.15, 0.2) is 0 Å². The molecule has 0 aliphatic rings. The second-order valence-electron chi connectivity index (χ2n) is 17.1. The summed E-state index contributed by atoms with van der Waals surface area (Å²) in [6, 6.07) is 0. The highest BCUT2D eigenvalue weighted by Crippen LogP contribution is 2.15. The van der Waals surface area contributed by atoms with Crippen molar-refractivity contribution in [2.75, 3.05) is 106 Å². The van der Waals surface area contributed by atoms with Gasteiger partial charge in [0.1, 0.15) is 13.2 Å². The monoisotopic (exact) mass is 903 g/mol. The molecule has 0 aromatic carbocycles. The number of esters is 2. The minimum absolute atomic E-state index is 0.130. The Morgan fingerprint density at radius 3 is 0.571 bits per heavy atom. The van der Waals surface area contributed by atoms with Crippen LogP contribution in [0.25, 0.3) is 0 Å². The minimum Gasteiger partial charge on any atom is -0.463 e. The maximum Gasteiger partial charge on any atom is 0.305 e. The van der Waals surface area contributed by atoms with Crippen molar-refractivity contribution in [3.63, 3.8) is 0 Å². The van der Waals surface area contributed by atoms with Gasteiger partial charge in [0.2, 0.25) is 0 Å². The van der Waals surface area contributed by atoms with Crippen LogP contribution in [0.2, 0.25) is 0 Å². The number of carbonyl (C=O) groups excluding carboxylic acids is 2. The molecule has 0 saturated heterocycles. The van der Waals surface area contributed by atoms with E-state index in [1.54, 1.807) is 0 Å². The largest absolute Gasteiger partial charge is 0.463 e. The highest BCUT2D eigenvalue weighted by Gasteiger charge is 2.05. The maximum atomic E-state index is 11.9. The fraction of sp³-hybridized carbons (Fsp3) is 0.962. The van der Waals surface area contributed by atoms with E-state index in [-0.39, 0.29) is 25.2 Å². The first kappa shape index (κ1) is 61.7. The number of hydrogen-bond acceptors (Lipinski definition) is 11. The maximum absolute atomic E-state index is 11.9. The molecule has 0 aromatic heterocycles. The lowest BCUT2D eigenvalue weighted by molar-refractivity contribution is -0.146. The zero-order valence-corrected chi connectivity index (χ0v) is 41.4. The van der Waals surface area contributed by atoms with Crippen LogP contribution in [-0.4, -0.2) is 118 Å². The van der Waals surface area contributed by atoms with Gasteiger partial charge in [-0.1, -0.05) is 194 Å². The standard InChI is InChI=1S/C52H102O11/c1-3-5-7-9-11-13-15-17-19-21-23-25-27-29-31-33-51(53)62-49-47-60-45-43-58-41-39-56-37-35-55-36-38-57-40-42-59-44-46-61-48-50-63-52(54)34-32-30-28-26-24-22-20-18-16-14-12-10-8-6-4-2/h3-50H2,1-2H3. The van der Waals surface area contributed by atoms with Crippen LogP contribution in [0, 0.1) is 0 Å². The highest BCUT2D eigenvalue weighted by atomic mass is 16.6. The van der Waals surface area contributed by atoms with Crippen LogP contribution >= 0.6 is 0 Å². The molecule has 0 aromatic rings. The molecule has 0 saturated carbocycles. The molecule has 0 unspecified atom stereocenters. The zero-order valence-electron chi connectivity index (χ0n) is 41.4. The summed E-state index contributed by atoms with van der Waals surface area (Å²) in [5.41, 5.74) is 0. The molecule has 0 aliphatic heterocycles. The zero-order chi connectivity index (χ0) is 45.5. The molecule has 0 atom stereocenters. The predicted molar refractivity (Wildman–Crippen MR) is 257 cm³/mol. The lowest BCUT2D eigenvalue weighted by atomic mass is 10.0. The van der Waals surface area contributed by atoms with Crippen molar-refractivity contribution >= 4 is 11.9 Å².